The van der Waals surface area contributed by atoms with Gasteiger partial charge in [0.25, 0.3) is 0 Å². The second kappa shape index (κ2) is 6.05. The van der Waals surface area contributed by atoms with Crippen molar-refractivity contribution in [2.75, 3.05) is 12.4 Å². The molecule has 0 aliphatic rings. The minimum atomic E-state index is -1.00. The van der Waals surface area contributed by atoms with Crippen LogP contribution in [0.3, 0.4) is 0 Å². The molecule has 7 heteroatoms. The van der Waals surface area contributed by atoms with E-state index in [-0.39, 0.29) is 23.6 Å². The predicted octanol–water partition coefficient (Wildman–Crippen LogP) is 2.83. The number of furan rings is 1. The lowest BCUT2D eigenvalue weighted by Crippen LogP contribution is -2.08. The molecule has 0 radical (unpaired) electrons. The van der Waals surface area contributed by atoms with E-state index < -0.39 is 17.6 Å². The number of benzene rings is 1. The number of anilines is 1. The second-order valence-corrected chi connectivity index (χ2v) is 4.03. The van der Waals surface area contributed by atoms with Crippen LogP contribution in [0.2, 0.25) is 0 Å². The van der Waals surface area contributed by atoms with Gasteiger partial charge >= 0.3 is 5.97 Å². The molecule has 0 unspecified atom stereocenters. The molecule has 0 fully saturated rings. The maximum absolute atomic E-state index is 13.6. The van der Waals surface area contributed by atoms with Gasteiger partial charge in [0, 0.05) is 6.07 Å². The molecule has 0 amide bonds. The van der Waals surface area contributed by atoms with Crippen molar-refractivity contribution < 1.29 is 22.7 Å². The number of carbonyl (C=O) groups excluding carboxylic acids is 1. The summed E-state index contributed by atoms with van der Waals surface area (Å²) in [6.45, 7) is 0.0743. The van der Waals surface area contributed by atoms with Crippen LogP contribution in [0.25, 0.3) is 0 Å². The highest BCUT2D eigenvalue weighted by atomic mass is 19.1. The topological polar surface area (TPSA) is 75.3 Å². The Hall–Kier alpha value is -2.88. The summed E-state index contributed by atoms with van der Waals surface area (Å²) in [4.78, 5) is 11.3. The number of halogens is 2. The van der Waals surface area contributed by atoms with E-state index in [1.54, 1.807) is 6.07 Å². The lowest BCUT2D eigenvalue weighted by atomic mass is 10.1. The standard InChI is InChI=1S/C14H10F2N2O3/c1-20-14(19)10-4-13(12(16)5-11(10)15)18-7-9-3-2-8(6-17)21-9/h2-5,18H,7H2,1H3. The average molecular weight is 292 g/mol. The number of hydrogen-bond donors (Lipinski definition) is 1. The number of carbonyl (C=O) groups is 1. The molecule has 0 saturated carbocycles. The first-order valence-electron chi connectivity index (χ1n) is 5.85. The summed E-state index contributed by atoms with van der Waals surface area (Å²) >= 11 is 0. The Morgan fingerprint density at radius 3 is 2.76 bits per heavy atom. The number of nitriles is 1. The Morgan fingerprint density at radius 2 is 2.14 bits per heavy atom. The number of ether oxygens (including phenoxy) is 1. The van der Waals surface area contributed by atoms with Crippen molar-refractivity contribution in [1.29, 1.82) is 5.26 Å². The van der Waals surface area contributed by atoms with Crippen LogP contribution in [0.1, 0.15) is 21.9 Å². The first-order chi connectivity index (χ1) is 10.0. The highest BCUT2D eigenvalue weighted by Gasteiger charge is 2.16. The van der Waals surface area contributed by atoms with E-state index in [9.17, 15) is 13.6 Å². The smallest absolute Gasteiger partial charge is 0.340 e. The van der Waals surface area contributed by atoms with Gasteiger partial charge in [-0.15, -0.1) is 0 Å². The third-order valence-electron chi connectivity index (χ3n) is 2.69. The predicted molar refractivity (Wildman–Crippen MR) is 68.4 cm³/mol. The van der Waals surface area contributed by atoms with Gasteiger partial charge in [-0.3, -0.25) is 0 Å². The summed E-state index contributed by atoms with van der Waals surface area (Å²) in [6, 6.07) is 6.45. The fourth-order valence-electron chi connectivity index (χ4n) is 1.67. The van der Waals surface area contributed by atoms with Crippen molar-refractivity contribution >= 4 is 11.7 Å². The van der Waals surface area contributed by atoms with Gasteiger partial charge in [0.05, 0.1) is 24.9 Å². The fourth-order valence-corrected chi connectivity index (χ4v) is 1.67. The first-order valence-corrected chi connectivity index (χ1v) is 5.85. The summed E-state index contributed by atoms with van der Waals surface area (Å²) in [7, 11) is 1.10. The van der Waals surface area contributed by atoms with Crippen molar-refractivity contribution in [3.8, 4) is 6.07 Å². The minimum absolute atomic E-state index is 0.0743. The number of esters is 1. The Bertz CT molecular complexity index is 719. The number of nitrogens with one attached hydrogen (secondary N) is 1. The highest BCUT2D eigenvalue weighted by molar-refractivity contribution is 5.90. The zero-order valence-corrected chi connectivity index (χ0v) is 10.9. The summed E-state index contributed by atoms with van der Waals surface area (Å²) in [5.41, 5.74) is -0.453. The van der Waals surface area contributed by atoms with Crippen molar-refractivity contribution in [2.24, 2.45) is 0 Å². The molecule has 0 bridgehead atoms. The van der Waals surface area contributed by atoms with Crippen LogP contribution in [-0.2, 0) is 11.3 Å². The van der Waals surface area contributed by atoms with Gasteiger partial charge in [0.15, 0.2) is 0 Å². The molecule has 2 aromatic rings. The van der Waals surface area contributed by atoms with Crippen LogP contribution in [-0.4, -0.2) is 13.1 Å². The number of nitrogens with zero attached hydrogens (tertiary/aromatic N) is 1. The molecule has 0 spiro atoms. The molecule has 1 aromatic carbocycles. The Labute approximate surface area is 118 Å². The van der Waals surface area contributed by atoms with Crippen molar-refractivity contribution in [1.82, 2.24) is 0 Å². The lowest BCUT2D eigenvalue weighted by molar-refractivity contribution is 0.0595. The molecule has 0 atom stereocenters. The zero-order chi connectivity index (χ0) is 15.4. The van der Waals surface area contributed by atoms with Gasteiger partial charge < -0.3 is 14.5 Å². The monoisotopic (exact) mass is 292 g/mol. The molecule has 108 valence electrons. The van der Waals surface area contributed by atoms with Gasteiger partial charge in [0.1, 0.15) is 23.5 Å². The Morgan fingerprint density at radius 1 is 1.38 bits per heavy atom. The summed E-state index contributed by atoms with van der Waals surface area (Å²) in [5.74, 6) is -2.24. The Kier molecular flexibility index (Phi) is 4.18. The molecule has 2 rings (SSSR count). The van der Waals surface area contributed by atoms with Crippen LogP contribution >= 0.6 is 0 Å². The first kappa shape index (κ1) is 14.5. The molecule has 5 nitrogen and oxygen atoms in total. The van der Waals surface area contributed by atoms with Gasteiger partial charge in [-0.25, -0.2) is 13.6 Å². The van der Waals surface area contributed by atoms with E-state index in [0.29, 0.717) is 11.8 Å². The van der Waals surface area contributed by atoms with Gasteiger partial charge in [-0.2, -0.15) is 5.26 Å². The van der Waals surface area contributed by atoms with Crippen LogP contribution < -0.4 is 5.32 Å². The second-order valence-electron chi connectivity index (χ2n) is 4.03. The van der Waals surface area contributed by atoms with E-state index in [2.05, 4.69) is 10.1 Å². The molecule has 21 heavy (non-hydrogen) atoms. The molecule has 1 aromatic heterocycles. The number of rotatable bonds is 4. The van der Waals surface area contributed by atoms with E-state index in [1.807, 2.05) is 6.07 Å². The van der Waals surface area contributed by atoms with Crippen molar-refractivity contribution in [2.45, 2.75) is 6.54 Å². The maximum atomic E-state index is 13.6. The third kappa shape index (κ3) is 3.17. The van der Waals surface area contributed by atoms with E-state index in [1.165, 1.54) is 6.07 Å². The van der Waals surface area contributed by atoms with Gasteiger partial charge in [-0.05, 0) is 18.2 Å². The molecule has 1 heterocycles. The van der Waals surface area contributed by atoms with Crippen molar-refractivity contribution in [3.05, 3.63) is 53.0 Å². The van der Waals surface area contributed by atoms with Gasteiger partial charge in [0.2, 0.25) is 5.76 Å². The highest BCUT2D eigenvalue weighted by Crippen LogP contribution is 2.21. The third-order valence-corrected chi connectivity index (χ3v) is 2.69. The van der Waals surface area contributed by atoms with Crippen molar-refractivity contribution in [3.63, 3.8) is 0 Å². The fraction of sp³-hybridized carbons (Fsp3) is 0.143. The van der Waals surface area contributed by atoms with E-state index in [4.69, 9.17) is 9.68 Å². The van der Waals surface area contributed by atoms with E-state index in [0.717, 1.165) is 13.2 Å². The number of hydrogen-bond acceptors (Lipinski definition) is 5. The summed E-state index contributed by atoms with van der Waals surface area (Å²) < 4.78 is 36.6. The van der Waals surface area contributed by atoms with Crippen LogP contribution in [0.4, 0.5) is 14.5 Å². The van der Waals surface area contributed by atoms with Crippen LogP contribution in [0.5, 0.6) is 0 Å². The molecule has 0 aliphatic heterocycles. The lowest BCUT2D eigenvalue weighted by Gasteiger charge is -2.08. The molecule has 1 N–H and O–H groups in total. The van der Waals surface area contributed by atoms with Crippen LogP contribution in [0, 0.1) is 23.0 Å². The average Bonchev–Trinajstić information content (AvgIpc) is 2.93. The molecule has 0 saturated heterocycles. The molecular formula is C14H10F2N2O3. The quantitative estimate of drug-likeness (QED) is 0.877. The summed E-state index contributed by atoms with van der Waals surface area (Å²) in [6.07, 6.45) is 0. The van der Waals surface area contributed by atoms with Crippen LogP contribution in [0.15, 0.2) is 28.7 Å². The maximum Gasteiger partial charge on any atom is 0.340 e. The minimum Gasteiger partial charge on any atom is -0.465 e. The SMILES string of the molecule is COC(=O)c1cc(NCc2ccc(C#N)o2)c(F)cc1F. The zero-order valence-electron chi connectivity index (χ0n) is 10.9. The summed E-state index contributed by atoms with van der Waals surface area (Å²) in [5, 5.41) is 11.3. The Balaban J connectivity index is 2.19. The normalized spacial score (nSPS) is 10.0. The molecule has 0 aliphatic carbocycles. The molecular weight excluding hydrogens is 282 g/mol. The largest absolute Gasteiger partial charge is 0.465 e. The number of methoxy groups -OCH3 is 1. The van der Waals surface area contributed by atoms with E-state index >= 15 is 0 Å². The van der Waals surface area contributed by atoms with Gasteiger partial charge in [-0.1, -0.05) is 0 Å².